The number of hydrogen-bond donors (Lipinski definition) is 8. The average molecular weight is 1470 g/mol. The summed E-state index contributed by atoms with van der Waals surface area (Å²) in [6.45, 7) is 13.4. The summed E-state index contributed by atoms with van der Waals surface area (Å²) < 4.78 is 84.3. The van der Waals surface area contributed by atoms with Crippen molar-refractivity contribution in [1.29, 1.82) is 0 Å². The van der Waals surface area contributed by atoms with Gasteiger partial charge in [-0.15, -0.1) is 0 Å². The number of aliphatic hydroxyl groups excluding tert-OH is 8. The van der Waals surface area contributed by atoms with E-state index in [0.717, 1.165) is 77.0 Å². The highest BCUT2D eigenvalue weighted by molar-refractivity contribution is 5.73. The molecule has 0 radical (unpaired) electrons. The van der Waals surface area contributed by atoms with Crippen molar-refractivity contribution in [1.82, 2.24) is 0 Å². The lowest BCUT2D eigenvalue weighted by Gasteiger charge is -2.48. The van der Waals surface area contributed by atoms with Gasteiger partial charge >= 0.3 is 47.8 Å². The quantitative estimate of drug-likeness (QED) is 0.0189. The zero-order chi connectivity index (χ0) is 75.5. The molecular formula is C72H124O30. The number of carbonyl (C=O) groups excluding carboxylic acids is 8. The first kappa shape index (κ1) is 91.4. The molecule has 30 nitrogen and oxygen atoms in total. The van der Waals surface area contributed by atoms with Gasteiger partial charge in [0.1, 0.15) is 80.4 Å². The molecule has 4 fully saturated rings. The maximum Gasteiger partial charge on any atom is 0.308 e. The van der Waals surface area contributed by atoms with E-state index < -0.39 is 197 Å². The van der Waals surface area contributed by atoms with Gasteiger partial charge in [0.05, 0.1) is 13.2 Å². The molecule has 30 heteroatoms. The maximum absolute atomic E-state index is 14.1. The topological polar surface area (TPSA) is 428 Å². The normalized spacial score (nSPS) is 29.3. The molecule has 102 heavy (non-hydrogen) atoms. The fourth-order valence-corrected chi connectivity index (χ4v) is 11.7. The number of rotatable bonds is 48. The van der Waals surface area contributed by atoms with Crippen molar-refractivity contribution in [3.63, 3.8) is 0 Å². The van der Waals surface area contributed by atoms with Gasteiger partial charge in [0.25, 0.3) is 0 Å². The summed E-state index contributed by atoms with van der Waals surface area (Å²) in [6, 6.07) is 0. The summed E-state index contributed by atoms with van der Waals surface area (Å²) in [5.74, 6) is -5.41. The van der Waals surface area contributed by atoms with E-state index >= 15 is 0 Å². The van der Waals surface area contributed by atoms with Crippen LogP contribution in [0.25, 0.3) is 0 Å². The number of unbranched alkanes of at least 4 members (excludes halogenated alkanes) is 16. The Kier molecular flexibility index (Phi) is 46.8. The van der Waals surface area contributed by atoms with Gasteiger partial charge in [-0.3, -0.25) is 38.4 Å². The van der Waals surface area contributed by atoms with Crippen LogP contribution in [0.3, 0.4) is 0 Å². The molecule has 4 heterocycles. The van der Waals surface area contributed by atoms with E-state index in [1.165, 1.54) is 0 Å². The lowest BCUT2D eigenvalue weighted by Crippen LogP contribution is -2.67. The molecule has 0 spiro atoms. The van der Waals surface area contributed by atoms with Gasteiger partial charge in [-0.2, -0.15) is 0 Å². The predicted octanol–water partition coefficient (Wildman–Crippen LogP) is 6.26. The predicted molar refractivity (Wildman–Crippen MR) is 361 cm³/mol. The Morgan fingerprint density at radius 2 is 0.569 bits per heavy atom. The minimum absolute atomic E-state index is 0.0150. The first-order chi connectivity index (χ1) is 49.0. The first-order valence-electron chi connectivity index (χ1n) is 37.7. The fraction of sp³-hybridized carbons (Fsp3) is 0.889. The van der Waals surface area contributed by atoms with Crippen molar-refractivity contribution in [2.24, 2.45) is 0 Å². The van der Waals surface area contributed by atoms with Crippen LogP contribution in [0.4, 0.5) is 0 Å². The molecule has 0 amide bonds. The van der Waals surface area contributed by atoms with E-state index in [1.807, 2.05) is 55.4 Å². The van der Waals surface area contributed by atoms with Crippen molar-refractivity contribution in [3.8, 4) is 0 Å². The Balaban J connectivity index is 0.000000983. The molecule has 0 aromatic rings. The van der Waals surface area contributed by atoms with Crippen LogP contribution in [0.1, 0.15) is 261 Å². The van der Waals surface area contributed by atoms with E-state index in [2.05, 4.69) is 0 Å². The summed E-state index contributed by atoms with van der Waals surface area (Å²) in [7, 11) is 0. The van der Waals surface area contributed by atoms with Gasteiger partial charge in [0.15, 0.2) is 43.3 Å². The second kappa shape index (κ2) is 52.2. The summed E-state index contributed by atoms with van der Waals surface area (Å²) in [6.07, 6.45) is -16.1. The molecule has 20 atom stereocenters. The Morgan fingerprint density at radius 3 is 0.951 bits per heavy atom. The molecule has 4 rings (SSSR count). The number of esters is 8. The van der Waals surface area contributed by atoms with Crippen LogP contribution < -0.4 is 0 Å². The zero-order valence-electron chi connectivity index (χ0n) is 61.6. The van der Waals surface area contributed by atoms with Crippen LogP contribution in [-0.4, -0.2) is 238 Å². The van der Waals surface area contributed by atoms with E-state index in [1.54, 1.807) is 0 Å². The van der Waals surface area contributed by atoms with Crippen LogP contribution >= 0.6 is 0 Å². The molecule has 4 aliphatic heterocycles. The van der Waals surface area contributed by atoms with Crippen LogP contribution in [0.2, 0.25) is 0 Å². The highest BCUT2D eigenvalue weighted by atomic mass is 16.8. The van der Waals surface area contributed by atoms with Crippen LogP contribution in [0.15, 0.2) is 0 Å². The minimum Gasteiger partial charge on any atom is -0.463 e. The van der Waals surface area contributed by atoms with E-state index in [0.29, 0.717) is 77.0 Å². The second-order valence-electron chi connectivity index (χ2n) is 26.5. The number of hydrogen-bond acceptors (Lipinski definition) is 30. The Hall–Kier alpha value is -4.80. The van der Waals surface area contributed by atoms with Gasteiger partial charge in [-0.05, 0) is 51.4 Å². The largest absolute Gasteiger partial charge is 0.463 e. The third-order valence-electron chi connectivity index (χ3n) is 17.7. The lowest BCUT2D eigenvalue weighted by atomic mass is 9.95. The van der Waals surface area contributed by atoms with Crippen LogP contribution in [0.5, 0.6) is 0 Å². The van der Waals surface area contributed by atoms with E-state index in [4.69, 9.17) is 71.4 Å². The van der Waals surface area contributed by atoms with Crippen LogP contribution in [0, 0.1) is 0 Å². The van der Waals surface area contributed by atoms with Gasteiger partial charge in [-0.25, -0.2) is 0 Å². The SMILES string of the molecule is CCCCCC(=O)OCC1OC(OC(=O)CCCCC)C(OC(=O)CCCCC)[C@@H](OC(=O)CCCCC)[C@@H]1O[C@@H]1OC(COC(=O)CCCCC)[C@H](OC(=O)CCCCC)[C@H](OC(=O)CCCCC)C1OC(=O)CCCCC.OCC1O[C@@H](O)C(O)[C@@H](O)[C@@H]1O[C@@H]1OC(CO)[C@H](O)[C@H](O)C1O. The third kappa shape index (κ3) is 32.5. The monoisotopic (exact) mass is 1470 g/mol. The van der Waals surface area contributed by atoms with Crippen molar-refractivity contribution >= 4 is 47.8 Å². The molecule has 592 valence electrons. The Labute approximate surface area is 601 Å². The molecule has 4 saturated heterocycles. The van der Waals surface area contributed by atoms with Crippen LogP contribution in [-0.2, 0) is 105 Å². The standard InChI is InChI=1S/C60H102O19.C12H22O11/c1-9-17-25-33-45(61)69-41-43-53(73-47(63)35-27-19-11-3)55(74-48(64)36-28-20-12-4)58(77-51(67)39-31-23-15-7)60(72-43)79-54-44(42-70-46(62)34-26-18-10-2)71-59(78-52(68)40-32-24-16-8)57(76-50(66)38-30-22-14-6)56(54)75-49(65)37-29-21-13-5;13-1-3-5(15)6(16)9(19)12(22-3)23-10-4(2-14)21-11(20)8(18)7(10)17/h43-44,53-60H,9-42H2,1-8H3;3-20H,1-2H2/t43?,44?,53-,54+,55-,56-,57?,58?,59?,60-;3?,4?,5-,6-,7+,8?,9?,10+,11+,12-/m00/s1. The van der Waals surface area contributed by atoms with E-state index in [-0.39, 0.29) is 51.4 Å². The molecule has 0 aliphatic carbocycles. The number of aliphatic hydroxyl groups is 8. The summed E-state index contributed by atoms with van der Waals surface area (Å²) >= 11 is 0. The molecule has 0 aromatic carbocycles. The zero-order valence-corrected chi connectivity index (χ0v) is 61.6. The lowest BCUT2D eigenvalue weighted by molar-refractivity contribution is -0.358. The van der Waals surface area contributed by atoms with Gasteiger partial charge in [0.2, 0.25) is 12.4 Å². The van der Waals surface area contributed by atoms with E-state index in [9.17, 15) is 74.1 Å². The maximum atomic E-state index is 14.1. The Morgan fingerprint density at radius 1 is 0.265 bits per heavy atom. The van der Waals surface area contributed by atoms with Gasteiger partial charge in [0, 0.05) is 51.4 Å². The van der Waals surface area contributed by atoms with Gasteiger partial charge in [-0.1, -0.05) is 158 Å². The summed E-state index contributed by atoms with van der Waals surface area (Å²) in [5, 5.41) is 76.5. The molecule has 9 unspecified atom stereocenters. The highest BCUT2D eigenvalue weighted by Crippen LogP contribution is 2.38. The molecule has 4 aliphatic rings. The second-order valence-corrected chi connectivity index (χ2v) is 26.5. The summed E-state index contributed by atoms with van der Waals surface area (Å²) in [5.41, 5.74) is 0. The smallest absolute Gasteiger partial charge is 0.308 e. The number of carbonyl (C=O) groups is 8. The molecule has 0 aromatic heterocycles. The molecule has 0 saturated carbocycles. The number of ether oxygens (including phenoxy) is 14. The van der Waals surface area contributed by atoms with Crippen molar-refractivity contribution in [2.45, 2.75) is 384 Å². The summed E-state index contributed by atoms with van der Waals surface area (Å²) in [4.78, 5) is 110. The highest BCUT2D eigenvalue weighted by Gasteiger charge is 2.59. The first-order valence-corrected chi connectivity index (χ1v) is 37.7. The van der Waals surface area contributed by atoms with Crippen molar-refractivity contribution in [3.05, 3.63) is 0 Å². The molecule has 8 N–H and O–H groups in total. The average Bonchev–Trinajstić information content (AvgIpc) is 0.768. The van der Waals surface area contributed by atoms with Crippen molar-refractivity contribution < 1.29 is 146 Å². The Bertz CT molecular complexity index is 2360. The molecular weight excluding hydrogens is 1340 g/mol. The fourth-order valence-electron chi connectivity index (χ4n) is 11.7. The van der Waals surface area contributed by atoms with Gasteiger partial charge < -0.3 is 107 Å². The molecule has 0 bridgehead atoms. The van der Waals surface area contributed by atoms with Crippen molar-refractivity contribution in [2.75, 3.05) is 26.4 Å². The third-order valence-corrected chi connectivity index (χ3v) is 17.7. The minimum atomic E-state index is -1.84.